The lowest BCUT2D eigenvalue weighted by Gasteiger charge is -2.34. The van der Waals surface area contributed by atoms with Crippen LogP contribution in [0, 0.1) is 34.9 Å². The minimum Gasteiger partial charge on any atom is -0.382 e. The van der Waals surface area contributed by atoms with E-state index in [-0.39, 0.29) is 44.8 Å². The molecule has 0 aliphatic carbocycles. The molecule has 0 spiro atoms. The van der Waals surface area contributed by atoms with Crippen LogP contribution in [0.15, 0.2) is 83.6 Å². The summed E-state index contributed by atoms with van der Waals surface area (Å²) in [6.07, 6.45) is 7.38. The summed E-state index contributed by atoms with van der Waals surface area (Å²) in [5.74, 6) is -7.12. The number of halogens is 8. The van der Waals surface area contributed by atoms with E-state index in [0.29, 0.717) is 12.1 Å². The Hall–Kier alpha value is -4.66. The average molecular weight is 856 g/mol. The summed E-state index contributed by atoms with van der Waals surface area (Å²) in [7, 11) is 0. The Kier molecular flexibility index (Phi) is 11.8. The van der Waals surface area contributed by atoms with E-state index in [4.69, 9.17) is 0 Å². The molecule has 0 fully saturated rings. The normalized spacial score (nSPS) is 14.8. The molecule has 6 aromatic rings. The molecule has 0 aliphatic rings. The maximum absolute atomic E-state index is 14.5. The van der Waals surface area contributed by atoms with Gasteiger partial charge >= 0.3 is 0 Å². The molecule has 0 saturated heterocycles. The van der Waals surface area contributed by atoms with Crippen molar-refractivity contribution >= 4 is 31.9 Å². The quantitative estimate of drug-likeness (QED) is 0.126. The molecule has 0 amide bonds. The van der Waals surface area contributed by atoms with Crippen molar-refractivity contribution in [3.8, 4) is 0 Å². The van der Waals surface area contributed by atoms with Crippen molar-refractivity contribution in [2.45, 2.75) is 50.0 Å². The van der Waals surface area contributed by atoms with Gasteiger partial charge in [0.25, 0.3) is 0 Å². The Morgan fingerprint density at radius 1 is 0.615 bits per heavy atom. The molecule has 20 heteroatoms. The summed E-state index contributed by atoms with van der Waals surface area (Å²) in [6.45, 7) is 2.46. The molecule has 0 unspecified atom stereocenters. The molecule has 52 heavy (non-hydrogen) atoms. The molecule has 0 saturated carbocycles. The van der Waals surface area contributed by atoms with Gasteiger partial charge in [0.1, 0.15) is 81.6 Å². The summed E-state index contributed by atoms with van der Waals surface area (Å²) in [5, 5.41) is 30.5. The summed E-state index contributed by atoms with van der Waals surface area (Å²) >= 11 is 5.93. The highest BCUT2D eigenvalue weighted by atomic mass is 79.9. The third-order valence-electron chi connectivity index (χ3n) is 8.34. The van der Waals surface area contributed by atoms with Crippen molar-refractivity contribution in [3.05, 3.63) is 141 Å². The Labute approximate surface area is 307 Å². The zero-order chi connectivity index (χ0) is 37.8. The summed E-state index contributed by atoms with van der Waals surface area (Å²) in [4.78, 5) is 22.7. The van der Waals surface area contributed by atoms with Crippen LogP contribution >= 0.6 is 31.9 Å². The van der Waals surface area contributed by atoms with Crippen LogP contribution in [-0.4, -0.2) is 59.7 Å². The largest absolute Gasteiger partial charge is 0.382 e. The molecule has 0 aliphatic heterocycles. The molecule has 4 atom stereocenters. The van der Waals surface area contributed by atoms with Crippen LogP contribution < -0.4 is 0 Å². The predicted molar refractivity (Wildman–Crippen MR) is 177 cm³/mol. The highest BCUT2D eigenvalue weighted by molar-refractivity contribution is 9.10. The first-order valence-corrected chi connectivity index (χ1v) is 16.6. The zero-order valence-corrected chi connectivity index (χ0v) is 30.1. The van der Waals surface area contributed by atoms with E-state index in [1.165, 1.54) is 48.5 Å². The monoisotopic (exact) mass is 854 g/mol. The summed E-state index contributed by atoms with van der Waals surface area (Å²) < 4.78 is 86.8. The topological polar surface area (TPSA) is 153 Å². The molecule has 0 radical (unpaired) electrons. The van der Waals surface area contributed by atoms with Crippen LogP contribution in [0.3, 0.4) is 0 Å². The van der Waals surface area contributed by atoms with Gasteiger partial charge in [0.05, 0.1) is 24.5 Å². The van der Waals surface area contributed by atoms with Gasteiger partial charge < -0.3 is 10.2 Å². The Morgan fingerprint density at radius 2 is 1.00 bits per heavy atom. The van der Waals surface area contributed by atoms with Gasteiger partial charge in [-0.3, -0.25) is 0 Å². The molecule has 2 aromatic carbocycles. The first-order valence-electron chi connectivity index (χ1n) is 15.0. The number of hydrogen-bond acceptors (Lipinski definition) is 10. The highest BCUT2D eigenvalue weighted by Gasteiger charge is 2.43. The number of rotatable bonds is 10. The molecular formula is C32H26Br2F6N10O2. The van der Waals surface area contributed by atoms with Crippen molar-refractivity contribution in [1.82, 2.24) is 49.5 Å². The van der Waals surface area contributed by atoms with Crippen LogP contribution in [0.4, 0.5) is 26.3 Å². The third-order valence-corrected chi connectivity index (χ3v) is 9.44. The molecule has 272 valence electrons. The first-order chi connectivity index (χ1) is 24.7. The van der Waals surface area contributed by atoms with Gasteiger partial charge in [-0.2, -0.15) is 10.2 Å². The molecule has 12 nitrogen and oxygen atoms in total. The van der Waals surface area contributed by atoms with E-state index < -0.39 is 57.9 Å². The fourth-order valence-electron chi connectivity index (χ4n) is 5.49. The van der Waals surface area contributed by atoms with E-state index in [9.17, 15) is 36.6 Å². The second-order valence-corrected chi connectivity index (χ2v) is 13.0. The van der Waals surface area contributed by atoms with Crippen LogP contribution in [0.25, 0.3) is 0 Å². The van der Waals surface area contributed by atoms with E-state index in [1.54, 1.807) is 0 Å². The maximum Gasteiger partial charge on any atom is 0.177 e. The number of nitrogens with zero attached hydrogens (tertiary/aromatic N) is 10. The first kappa shape index (κ1) is 38.6. The zero-order valence-electron chi connectivity index (χ0n) is 26.9. The van der Waals surface area contributed by atoms with Crippen LogP contribution in [0.1, 0.15) is 48.2 Å². The van der Waals surface area contributed by atoms with Crippen molar-refractivity contribution < 1.29 is 36.6 Å². The SMILES string of the molecule is C[C@@H](c1ncnc(Br)c1F)[C@](O)(Cn1cncn1)c1ccc(F)cc1F.C[C@H](c1ncnc(Br)c1F)[C@@](O)(Cn1cncn1)c1ccc(F)cc1F. The molecule has 4 aromatic heterocycles. The fraction of sp³-hybridized carbons (Fsp3) is 0.250. The minimum absolute atomic E-state index is 0.0861. The second-order valence-electron chi connectivity index (χ2n) is 11.5. The van der Waals surface area contributed by atoms with E-state index in [0.717, 1.165) is 36.9 Å². The molecule has 0 bridgehead atoms. The van der Waals surface area contributed by atoms with E-state index in [2.05, 4.69) is 72.0 Å². The van der Waals surface area contributed by atoms with Crippen molar-refractivity contribution in [2.75, 3.05) is 0 Å². The van der Waals surface area contributed by atoms with Gasteiger partial charge in [-0.05, 0) is 44.0 Å². The third kappa shape index (κ3) is 8.03. The number of benzene rings is 2. The molecular weight excluding hydrogens is 830 g/mol. The Bertz CT molecular complexity index is 2000. The summed E-state index contributed by atoms with van der Waals surface area (Å²) in [5.41, 5.74) is -4.65. The lowest BCUT2D eigenvalue weighted by atomic mass is 9.79. The fourth-order valence-corrected chi connectivity index (χ4v) is 6.08. The predicted octanol–water partition coefficient (Wildman–Crippen LogP) is 5.88. The van der Waals surface area contributed by atoms with E-state index >= 15 is 0 Å². The van der Waals surface area contributed by atoms with Crippen molar-refractivity contribution in [2.24, 2.45) is 0 Å². The smallest absolute Gasteiger partial charge is 0.177 e. The van der Waals surface area contributed by atoms with Gasteiger partial charge in [0.2, 0.25) is 0 Å². The Balaban J connectivity index is 0.000000201. The molecule has 4 heterocycles. The van der Waals surface area contributed by atoms with Crippen molar-refractivity contribution in [3.63, 3.8) is 0 Å². The van der Waals surface area contributed by atoms with Crippen LogP contribution in [-0.2, 0) is 24.3 Å². The van der Waals surface area contributed by atoms with Crippen LogP contribution in [0.5, 0.6) is 0 Å². The number of aliphatic hydroxyl groups is 2. The second kappa shape index (κ2) is 15.9. The van der Waals surface area contributed by atoms with Gasteiger partial charge in [-0.15, -0.1) is 0 Å². The van der Waals surface area contributed by atoms with Crippen LogP contribution in [0.2, 0.25) is 0 Å². The number of hydrogen-bond donors (Lipinski definition) is 2. The van der Waals surface area contributed by atoms with Gasteiger partial charge in [0, 0.05) is 35.1 Å². The van der Waals surface area contributed by atoms with Gasteiger partial charge in [0.15, 0.2) is 11.6 Å². The lowest BCUT2D eigenvalue weighted by molar-refractivity contribution is -0.0137. The molecule has 2 N–H and O–H groups in total. The molecule has 6 rings (SSSR count). The highest BCUT2D eigenvalue weighted by Crippen LogP contribution is 2.41. The van der Waals surface area contributed by atoms with Gasteiger partial charge in [-0.25, -0.2) is 65.6 Å². The Morgan fingerprint density at radius 3 is 1.33 bits per heavy atom. The van der Waals surface area contributed by atoms with Crippen molar-refractivity contribution in [1.29, 1.82) is 0 Å². The standard InChI is InChI=1S/2C16H13BrF3N5O/c2*1-9(14-13(20)15(17)23-7-22-14)16(26,5-25-8-21-6-24-25)11-3-2-10(18)4-12(11)19/h2*2-4,6-9,26H,5H2,1H3/t2*9-,16+/m10/s1. The van der Waals surface area contributed by atoms with Gasteiger partial charge in [-0.1, -0.05) is 26.0 Å². The lowest BCUT2D eigenvalue weighted by Crippen LogP contribution is -2.39. The minimum atomic E-state index is -1.99. The average Bonchev–Trinajstić information content (AvgIpc) is 3.81. The number of aromatic nitrogens is 10. The summed E-state index contributed by atoms with van der Waals surface area (Å²) in [6, 6.07) is 5.58. The maximum atomic E-state index is 14.5. The van der Waals surface area contributed by atoms with E-state index in [1.807, 2.05) is 0 Å².